The van der Waals surface area contributed by atoms with Gasteiger partial charge >= 0.3 is 0 Å². The van der Waals surface area contributed by atoms with Gasteiger partial charge in [0, 0.05) is 29.0 Å². The van der Waals surface area contributed by atoms with E-state index in [1.165, 1.54) is 7.11 Å². The zero-order chi connectivity index (χ0) is 26.9. The van der Waals surface area contributed by atoms with Crippen LogP contribution in [0.25, 0.3) is 5.76 Å². The van der Waals surface area contributed by atoms with Gasteiger partial charge in [0.25, 0.3) is 5.91 Å². The molecule has 1 amide bonds. The molecule has 3 aliphatic rings. The molecule has 10 heteroatoms. The number of aromatic hydroxyl groups is 1. The second-order valence-electron chi connectivity index (χ2n) is 10.7. The molecule has 10 nitrogen and oxygen atoms in total. The second-order valence-corrected chi connectivity index (χ2v) is 10.7. The van der Waals surface area contributed by atoms with E-state index in [0.717, 1.165) is 0 Å². The summed E-state index contributed by atoms with van der Waals surface area (Å²) in [5.74, 6) is -6.53. The number of hydrogen-bond acceptors (Lipinski definition) is 9. The molecule has 6 N–H and O–H groups in total. The van der Waals surface area contributed by atoms with Crippen LogP contribution in [-0.2, 0) is 31.1 Å². The molecule has 0 saturated heterocycles. The standard InChI is InChI=1S/C26H30N2O8/c1-10(28-36-5)13-9-15(25(2,3)4)20(30)18-14(13)7-11-6-12-8-16(29)19(24(27)34)23(33)26(12,35)22(32)17(11)21(18)31/h9,11-12,30-31,33,35H,6-8H2,1-5H3,(H2,27,34)/b28-10-/t11-,12+,26+/m1/s1. The average molecular weight is 499 g/mol. The van der Waals surface area contributed by atoms with Gasteiger partial charge in [-0.25, -0.2) is 0 Å². The van der Waals surface area contributed by atoms with Gasteiger partial charge in [-0.15, -0.1) is 0 Å². The van der Waals surface area contributed by atoms with E-state index < -0.39 is 57.4 Å². The number of carbonyl (C=O) groups excluding carboxylic acids is 3. The summed E-state index contributed by atoms with van der Waals surface area (Å²) in [6.45, 7) is 7.35. The second kappa shape index (κ2) is 8.19. The summed E-state index contributed by atoms with van der Waals surface area (Å²) < 4.78 is 0. The first-order valence-corrected chi connectivity index (χ1v) is 11.6. The van der Waals surface area contributed by atoms with E-state index in [-0.39, 0.29) is 36.1 Å². The molecule has 192 valence electrons. The molecule has 0 unspecified atom stereocenters. The number of rotatable bonds is 3. The molecule has 1 aromatic rings. The van der Waals surface area contributed by atoms with Crippen molar-refractivity contribution < 1.29 is 39.6 Å². The van der Waals surface area contributed by atoms with E-state index >= 15 is 0 Å². The van der Waals surface area contributed by atoms with Gasteiger partial charge in [-0.05, 0) is 42.7 Å². The number of ketones is 2. The van der Waals surface area contributed by atoms with E-state index in [1.807, 2.05) is 20.8 Å². The van der Waals surface area contributed by atoms with E-state index in [0.29, 0.717) is 22.4 Å². The topological polar surface area (TPSA) is 180 Å². The minimum Gasteiger partial charge on any atom is -0.508 e. The smallest absolute Gasteiger partial charge is 0.255 e. The maximum absolute atomic E-state index is 13.7. The number of oxime groups is 1. The normalized spacial score (nSPS) is 26.4. The predicted molar refractivity (Wildman–Crippen MR) is 129 cm³/mol. The van der Waals surface area contributed by atoms with Crippen LogP contribution in [0.15, 0.2) is 28.1 Å². The molecule has 1 saturated carbocycles. The Bertz CT molecular complexity index is 1310. The number of nitrogens with zero attached hydrogens (tertiary/aromatic N) is 1. The fraction of sp³-hybridized carbons (Fsp3) is 0.462. The molecular weight excluding hydrogens is 468 g/mol. The summed E-state index contributed by atoms with van der Waals surface area (Å²) >= 11 is 0. The van der Waals surface area contributed by atoms with Crippen molar-refractivity contribution >= 4 is 28.9 Å². The van der Waals surface area contributed by atoms with E-state index in [1.54, 1.807) is 13.0 Å². The first-order valence-electron chi connectivity index (χ1n) is 11.6. The molecule has 4 rings (SSSR count). The van der Waals surface area contributed by atoms with E-state index in [4.69, 9.17) is 10.6 Å². The Labute approximate surface area is 207 Å². The molecule has 1 aromatic carbocycles. The zero-order valence-corrected chi connectivity index (χ0v) is 20.8. The SMILES string of the molecule is CO/N=C(/C)c1cc(C(C)(C)C)c(O)c2c1C[C@H]1C[C@H]3CC(=O)C(C(N)=O)=C(O)[C@@]3(O)C(=O)C1=C2O. The van der Waals surface area contributed by atoms with Crippen molar-refractivity contribution in [3.05, 3.63) is 45.2 Å². The zero-order valence-electron chi connectivity index (χ0n) is 20.8. The molecule has 0 radical (unpaired) electrons. The molecule has 3 aliphatic carbocycles. The number of phenols is 1. The van der Waals surface area contributed by atoms with Crippen molar-refractivity contribution in [3.8, 4) is 5.75 Å². The van der Waals surface area contributed by atoms with E-state index in [2.05, 4.69) is 5.16 Å². The third-order valence-electron chi connectivity index (χ3n) is 7.49. The van der Waals surface area contributed by atoms with Crippen molar-refractivity contribution in [1.82, 2.24) is 0 Å². The first kappa shape index (κ1) is 25.4. The van der Waals surface area contributed by atoms with Gasteiger partial charge in [0.15, 0.2) is 11.4 Å². The summed E-state index contributed by atoms with van der Waals surface area (Å²) in [5, 5.41) is 48.8. The molecule has 3 atom stereocenters. The minimum atomic E-state index is -2.59. The largest absolute Gasteiger partial charge is 0.508 e. The Hall–Kier alpha value is -3.66. The van der Waals surface area contributed by atoms with Crippen LogP contribution in [0.2, 0.25) is 0 Å². The quantitative estimate of drug-likeness (QED) is 0.239. The number of carbonyl (C=O) groups is 3. The molecule has 36 heavy (non-hydrogen) atoms. The van der Waals surface area contributed by atoms with Crippen LogP contribution in [0.3, 0.4) is 0 Å². The van der Waals surface area contributed by atoms with Crippen molar-refractivity contribution in [1.29, 1.82) is 0 Å². The Morgan fingerprint density at radius 3 is 2.39 bits per heavy atom. The van der Waals surface area contributed by atoms with Crippen LogP contribution < -0.4 is 5.73 Å². The van der Waals surface area contributed by atoms with E-state index in [9.17, 15) is 34.8 Å². The average Bonchev–Trinajstić information content (AvgIpc) is 2.75. The predicted octanol–water partition coefficient (Wildman–Crippen LogP) is 2.09. The Morgan fingerprint density at radius 2 is 1.83 bits per heavy atom. The summed E-state index contributed by atoms with van der Waals surface area (Å²) in [5.41, 5.74) is 3.27. The van der Waals surface area contributed by atoms with Crippen molar-refractivity contribution in [3.63, 3.8) is 0 Å². The maximum atomic E-state index is 13.7. The van der Waals surface area contributed by atoms with Gasteiger partial charge in [0.1, 0.15) is 30.0 Å². The fourth-order valence-corrected chi connectivity index (χ4v) is 5.77. The molecule has 0 aromatic heterocycles. The lowest BCUT2D eigenvalue weighted by Gasteiger charge is -2.46. The highest BCUT2D eigenvalue weighted by Gasteiger charge is 2.60. The van der Waals surface area contributed by atoms with Crippen molar-refractivity contribution in [2.24, 2.45) is 22.7 Å². The van der Waals surface area contributed by atoms with Gasteiger partial charge in [0.2, 0.25) is 5.78 Å². The number of primary amides is 1. The van der Waals surface area contributed by atoms with Crippen LogP contribution in [0, 0.1) is 11.8 Å². The van der Waals surface area contributed by atoms with Gasteiger partial charge in [-0.1, -0.05) is 25.9 Å². The van der Waals surface area contributed by atoms with Crippen molar-refractivity contribution in [2.75, 3.05) is 7.11 Å². The number of aliphatic hydroxyl groups excluding tert-OH is 2. The van der Waals surface area contributed by atoms with Crippen LogP contribution in [0.1, 0.15) is 62.8 Å². The molecule has 0 spiro atoms. The number of phenolic OH excluding ortho intramolecular Hbond substituents is 1. The third kappa shape index (κ3) is 3.42. The lowest BCUT2D eigenvalue weighted by molar-refractivity contribution is -0.147. The molecular formula is C26H30N2O8. The fourth-order valence-electron chi connectivity index (χ4n) is 5.77. The monoisotopic (exact) mass is 498 g/mol. The summed E-state index contributed by atoms with van der Waals surface area (Å²) in [4.78, 5) is 42.9. The highest BCUT2D eigenvalue weighted by molar-refractivity contribution is 6.22. The minimum absolute atomic E-state index is 0.0372. The molecule has 0 aliphatic heterocycles. The van der Waals surface area contributed by atoms with Gasteiger partial charge in [-0.2, -0.15) is 0 Å². The number of nitrogens with two attached hydrogens (primary N) is 1. The molecule has 1 fully saturated rings. The molecule has 0 bridgehead atoms. The summed E-state index contributed by atoms with van der Waals surface area (Å²) in [6.07, 6.45) is -0.115. The van der Waals surface area contributed by atoms with Gasteiger partial charge in [-0.3, -0.25) is 14.4 Å². The number of amides is 1. The van der Waals surface area contributed by atoms with Crippen molar-refractivity contribution in [2.45, 2.75) is 58.0 Å². The highest BCUT2D eigenvalue weighted by atomic mass is 16.6. The third-order valence-corrected chi connectivity index (χ3v) is 7.49. The number of Topliss-reactive ketones (excluding diaryl/α,β-unsaturated/α-hetero) is 2. The van der Waals surface area contributed by atoms with Gasteiger partial charge < -0.3 is 31.0 Å². The number of aliphatic hydroxyl groups is 3. The van der Waals surface area contributed by atoms with Crippen LogP contribution >= 0.6 is 0 Å². The Morgan fingerprint density at radius 1 is 1.19 bits per heavy atom. The molecule has 0 heterocycles. The maximum Gasteiger partial charge on any atom is 0.255 e. The Kier molecular flexibility index (Phi) is 5.79. The highest BCUT2D eigenvalue weighted by Crippen LogP contribution is 2.53. The van der Waals surface area contributed by atoms with Gasteiger partial charge in [0.05, 0.1) is 11.3 Å². The summed E-state index contributed by atoms with van der Waals surface area (Å²) in [7, 11) is 1.40. The van der Waals surface area contributed by atoms with Crippen LogP contribution in [-0.4, -0.2) is 56.3 Å². The number of hydrogen-bond donors (Lipinski definition) is 5. The number of benzene rings is 1. The first-order chi connectivity index (χ1) is 16.7. The lowest BCUT2D eigenvalue weighted by atomic mass is 9.59. The number of fused-ring (bicyclic) bond motifs is 3. The summed E-state index contributed by atoms with van der Waals surface area (Å²) in [6, 6.07) is 1.78. The van der Waals surface area contributed by atoms with Crippen LogP contribution in [0.4, 0.5) is 0 Å². The van der Waals surface area contributed by atoms with Crippen LogP contribution in [0.5, 0.6) is 5.75 Å². The Balaban J connectivity index is 2.02. The lowest BCUT2D eigenvalue weighted by Crippen LogP contribution is -2.58.